The summed E-state index contributed by atoms with van der Waals surface area (Å²) in [6, 6.07) is 7.39. The second kappa shape index (κ2) is 4.76. The van der Waals surface area contributed by atoms with Crippen LogP contribution in [0.25, 0.3) is 0 Å². The predicted molar refractivity (Wildman–Crippen MR) is 59.5 cm³/mol. The van der Waals surface area contributed by atoms with Crippen LogP contribution in [0.15, 0.2) is 58.9 Å². The van der Waals surface area contributed by atoms with Crippen molar-refractivity contribution in [2.45, 2.75) is 4.90 Å². The van der Waals surface area contributed by atoms with Crippen molar-refractivity contribution in [3.05, 3.63) is 54.0 Å². The molecular formula is C11H10O4S. The Morgan fingerprint density at radius 1 is 1.25 bits per heavy atom. The van der Waals surface area contributed by atoms with Crippen molar-refractivity contribution in [3.63, 3.8) is 0 Å². The minimum Gasteiger partial charge on any atom is -0.477 e. The van der Waals surface area contributed by atoms with E-state index in [9.17, 15) is 13.2 Å². The first-order valence-electron chi connectivity index (χ1n) is 4.36. The molecule has 1 aromatic carbocycles. The number of carboxylic acid groups (broad SMARTS) is 1. The fraction of sp³-hybridized carbons (Fsp3) is 0. The summed E-state index contributed by atoms with van der Waals surface area (Å²) >= 11 is 0. The molecule has 0 aliphatic heterocycles. The van der Waals surface area contributed by atoms with Crippen molar-refractivity contribution in [2.24, 2.45) is 0 Å². The van der Waals surface area contributed by atoms with Gasteiger partial charge in [-0.1, -0.05) is 30.9 Å². The van der Waals surface area contributed by atoms with Gasteiger partial charge in [-0.05, 0) is 18.2 Å². The number of aliphatic carboxylic acids is 1. The highest BCUT2D eigenvalue weighted by Gasteiger charge is 2.25. The van der Waals surface area contributed by atoms with E-state index < -0.39 is 20.7 Å². The molecule has 0 amide bonds. The van der Waals surface area contributed by atoms with Crippen LogP contribution in [0.3, 0.4) is 0 Å². The van der Waals surface area contributed by atoms with Crippen LogP contribution in [-0.4, -0.2) is 19.5 Å². The lowest BCUT2D eigenvalue weighted by Crippen LogP contribution is -2.13. The van der Waals surface area contributed by atoms with Crippen molar-refractivity contribution in [3.8, 4) is 0 Å². The highest BCUT2D eigenvalue weighted by molar-refractivity contribution is 7.96. The van der Waals surface area contributed by atoms with Gasteiger partial charge in [0.15, 0.2) is 4.91 Å². The van der Waals surface area contributed by atoms with Crippen LogP contribution in [0.5, 0.6) is 0 Å². The van der Waals surface area contributed by atoms with Crippen LogP contribution in [0.2, 0.25) is 0 Å². The summed E-state index contributed by atoms with van der Waals surface area (Å²) in [5.41, 5.74) is 0. The van der Waals surface area contributed by atoms with Crippen molar-refractivity contribution in [1.29, 1.82) is 0 Å². The molecule has 0 fully saturated rings. The lowest BCUT2D eigenvalue weighted by molar-refractivity contribution is -0.131. The Morgan fingerprint density at radius 2 is 1.81 bits per heavy atom. The zero-order chi connectivity index (χ0) is 12.2. The summed E-state index contributed by atoms with van der Waals surface area (Å²) in [4.78, 5) is 10.1. The third-order valence-corrected chi connectivity index (χ3v) is 3.61. The van der Waals surface area contributed by atoms with Crippen LogP contribution >= 0.6 is 0 Å². The van der Waals surface area contributed by atoms with Crippen LogP contribution in [0.4, 0.5) is 0 Å². The summed E-state index contributed by atoms with van der Waals surface area (Å²) in [7, 11) is -3.97. The first-order valence-corrected chi connectivity index (χ1v) is 5.84. The molecular weight excluding hydrogens is 228 g/mol. The van der Waals surface area contributed by atoms with Gasteiger partial charge in [0, 0.05) is 0 Å². The van der Waals surface area contributed by atoms with Crippen molar-refractivity contribution < 1.29 is 18.3 Å². The number of hydrogen-bond acceptors (Lipinski definition) is 3. The molecule has 0 heterocycles. The third kappa shape index (κ3) is 2.38. The third-order valence-electron chi connectivity index (χ3n) is 1.82. The molecule has 0 bridgehead atoms. The van der Waals surface area contributed by atoms with Gasteiger partial charge >= 0.3 is 5.97 Å². The Labute approximate surface area is 93.5 Å². The average molecular weight is 238 g/mol. The lowest BCUT2D eigenvalue weighted by Gasteiger charge is -2.03. The molecule has 0 spiro atoms. The van der Waals surface area contributed by atoms with Gasteiger partial charge in [0.2, 0.25) is 9.84 Å². The van der Waals surface area contributed by atoms with Gasteiger partial charge in [0.1, 0.15) is 0 Å². The molecule has 0 aliphatic carbocycles. The van der Waals surface area contributed by atoms with E-state index in [-0.39, 0.29) is 4.90 Å². The molecule has 5 heteroatoms. The summed E-state index contributed by atoms with van der Waals surface area (Å²) < 4.78 is 23.7. The van der Waals surface area contributed by atoms with Crippen LogP contribution in [0.1, 0.15) is 0 Å². The topological polar surface area (TPSA) is 71.4 Å². The van der Waals surface area contributed by atoms with Gasteiger partial charge in [0.05, 0.1) is 4.90 Å². The number of carboxylic acids is 1. The largest absolute Gasteiger partial charge is 0.477 e. The summed E-state index contributed by atoms with van der Waals surface area (Å²) in [6.07, 6.45) is 2.09. The van der Waals surface area contributed by atoms with E-state index >= 15 is 0 Å². The molecule has 1 aromatic rings. The smallest absolute Gasteiger partial charge is 0.347 e. The normalized spacial score (nSPS) is 12.1. The molecule has 0 aromatic heterocycles. The fourth-order valence-electron chi connectivity index (χ4n) is 1.11. The zero-order valence-electron chi connectivity index (χ0n) is 8.33. The number of sulfone groups is 1. The van der Waals surface area contributed by atoms with Gasteiger partial charge in [-0.3, -0.25) is 0 Å². The second-order valence-electron chi connectivity index (χ2n) is 2.89. The molecule has 0 aliphatic rings. The lowest BCUT2D eigenvalue weighted by atomic mass is 10.4. The second-order valence-corrected chi connectivity index (χ2v) is 4.81. The van der Waals surface area contributed by atoms with E-state index in [2.05, 4.69) is 6.58 Å². The van der Waals surface area contributed by atoms with Gasteiger partial charge in [-0.15, -0.1) is 0 Å². The van der Waals surface area contributed by atoms with Gasteiger partial charge in [-0.25, -0.2) is 13.2 Å². The number of hydrogen-bond donors (Lipinski definition) is 1. The van der Waals surface area contributed by atoms with Gasteiger partial charge in [0.25, 0.3) is 0 Å². The average Bonchev–Trinajstić information content (AvgIpc) is 2.26. The Morgan fingerprint density at radius 3 is 2.25 bits per heavy atom. The molecule has 1 rings (SSSR count). The Bertz CT molecular complexity index is 526. The highest BCUT2D eigenvalue weighted by atomic mass is 32.2. The van der Waals surface area contributed by atoms with E-state index in [0.717, 1.165) is 12.2 Å². The Balaban J connectivity index is 3.36. The molecule has 0 unspecified atom stereocenters. The van der Waals surface area contributed by atoms with E-state index in [1.165, 1.54) is 24.3 Å². The number of benzene rings is 1. The maximum atomic E-state index is 11.9. The molecule has 0 radical (unpaired) electrons. The maximum Gasteiger partial charge on any atom is 0.347 e. The summed E-state index contributed by atoms with van der Waals surface area (Å²) in [5, 5.41) is 8.81. The minimum atomic E-state index is -3.97. The van der Waals surface area contributed by atoms with Crippen molar-refractivity contribution in [2.75, 3.05) is 0 Å². The zero-order valence-corrected chi connectivity index (χ0v) is 9.15. The van der Waals surface area contributed by atoms with Crippen molar-refractivity contribution >= 4 is 15.8 Å². The van der Waals surface area contributed by atoms with Crippen LogP contribution in [0, 0.1) is 0 Å². The molecule has 4 nitrogen and oxygen atoms in total. The van der Waals surface area contributed by atoms with Crippen molar-refractivity contribution in [1.82, 2.24) is 0 Å². The Kier molecular flexibility index (Phi) is 3.63. The number of allylic oxidation sites excluding steroid dienone is 2. The minimum absolute atomic E-state index is 0.0505. The monoisotopic (exact) mass is 238 g/mol. The molecule has 0 saturated heterocycles. The first kappa shape index (κ1) is 12.2. The van der Waals surface area contributed by atoms with Crippen LogP contribution in [-0.2, 0) is 14.6 Å². The van der Waals surface area contributed by atoms with Crippen LogP contribution < -0.4 is 0 Å². The Hall–Kier alpha value is -1.88. The molecule has 1 N–H and O–H groups in total. The van der Waals surface area contributed by atoms with E-state index in [4.69, 9.17) is 5.11 Å². The molecule has 0 atom stereocenters. The molecule has 0 saturated carbocycles. The standard InChI is InChI=1S/C11H10O4S/c1-2-6-10(11(12)13)16(14,15)9-7-4-3-5-8-9/h2-8H,1H2,(H,12,13). The molecule has 16 heavy (non-hydrogen) atoms. The number of carbonyl (C=O) groups is 1. The predicted octanol–water partition coefficient (Wildman–Crippen LogP) is 1.61. The fourth-order valence-corrected chi connectivity index (χ4v) is 2.38. The highest BCUT2D eigenvalue weighted by Crippen LogP contribution is 2.18. The quantitative estimate of drug-likeness (QED) is 0.639. The SMILES string of the molecule is C=CC=C(C(=O)O)S(=O)(=O)c1ccccc1. The first-order chi connectivity index (χ1) is 7.50. The number of rotatable bonds is 4. The van der Waals surface area contributed by atoms with E-state index in [1.54, 1.807) is 6.07 Å². The van der Waals surface area contributed by atoms with Gasteiger partial charge in [-0.2, -0.15) is 0 Å². The summed E-state index contributed by atoms with van der Waals surface area (Å²) in [5.74, 6) is -1.50. The maximum absolute atomic E-state index is 11.9. The molecule has 84 valence electrons. The van der Waals surface area contributed by atoms with E-state index in [1.807, 2.05) is 0 Å². The van der Waals surface area contributed by atoms with Gasteiger partial charge < -0.3 is 5.11 Å². The van der Waals surface area contributed by atoms with E-state index in [0.29, 0.717) is 0 Å². The summed E-state index contributed by atoms with van der Waals surface area (Å²) in [6.45, 7) is 3.29.